The summed E-state index contributed by atoms with van der Waals surface area (Å²) < 4.78 is 5.86. The van der Waals surface area contributed by atoms with Gasteiger partial charge in [-0.15, -0.1) is 11.8 Å². The quantitative estimate of drug-likeness (QED) is 0.595. The van der Waals surface area contributed by atoms with Gasteiger partial charge in [-0.25, -0.2) is 0 Å². The van der Waals surface area contributed by atoms with Crippen LogP contribution in [0.25, 0.3) is 0 Å². The lowest BCUT2D eigenvalue weighted by Crippen LogP contribution is -2.29. The van der Waals surface area contributed by atoms with Crippen molar-refractivity contribution < 1.29 is 9.53 Å². The topological polar surface area (TPSA) is 41.6 Å². The van der Waals surface area contributed by atoms with Crippen LogP contribution in [0.3, 0.4) is 0 Å². The molecule has 0 unspecified atom stereocenters. The molecule has 1 amide bonds. The van der Waals surface area contributed by atoms with E-state index in [9.17, 15) is 4.79 Å². The second kappa shape index (κ2) is 8.62. The van der Waals surface area contributed by atoms with Gasteiger partial charge in [-0.2, -0.15) is 0 Å². The summed E-state index contributed by atoms with van der Waals surface area (Å²) in [5, 5.41) is 2.99. The molecule has 0 spiro atoms. The molecule has 0 fully saturated rings. The van der Waals surface area contributed by atoms with Crippen LogP contribution in [0, 0.1) is 6.92 Å². The molecule has 0 aliphatic carbocycles. The van der Waals surface area contributed by atoms with Crippen LogP contribution >= 0.6 is 11.8 Å². The van der Waals surface area contributed by atoms with Gasteiger partial charge in [0, 0.05) is 22.7 Å². The number of anilines is 2. The third kappa shape index (κ3) is 4.40. The molecule has 148 valence electrons. The maximum absolute atomic E-state index is 12.6. The van der Waals surface area contributed by atoms with E-state index in [1.54, 1.807) is 11.8 Å². The monoisotopic (exact) mass is 404 g/mol. The summed E-state index contributed by atoms with van der Waals surface area (Å²) in [5.74, 6) is 0.646. The minimum absolute atomic E-state index is 0.0991. The first-order chi connectivity index (χ1) is 14.1. The molecular formula is C24H24N2O2S. The molecule has 0 bridgehead atoms. The average Bonchev–Trinajstić information content (AvgIpc) is 2.77. The van der Waals surface area contributed by atoms with Crippen LogP contribution in [0.4, 0.5) is 11.4 Å². The number of thioether (sulfide) groups is 1. The van der Waals surface area contributed by atoms with Gasteiger partial charge in [0.2, 0.25) is 0 Å². The number of carbonyl (C=O) groups is 1. The Morgan fingerprint density at radius 2 is 1.93 bits per heavy atom. The number of benzene rings is 3. The fourth-order valence-electron chi connectivity index (χ4n) is 3.45. The van der Waals surface area contributed by atoms with Gasteiger partial charge in [0.05, 0.1) is 12.2 Å². The molecule has 4 nitrogen and oxygen atoms in total. The smallest absolute Gasteiger partial charge is 0.251 e. The lowest BCUT2D eigenvalue weighted by molar-refractivity contribution is 0.0950. The van der Waals surface area contributed by atoms with Gasteiger partial charge >= 0.3 is 0 Å². The normalized spacial score (nSPS) is 12.8. The lowest BCUT2D eigenvalue weighted by Gasteiger charge is -2.31. The predicted molar refractivity (Wildman–Crippen MR) is 120 cm³/mol. The van der Waals surface area contributed by atoms with E-state index >= 15 is 0 Å². The zero-order chi connectivity index (χ0) is 20.2. The Labute approximate surface area is 175 Å². The standard InChI is InChI=1S/C24H24N2O2S/c1-17-4-3-5-20(14-17)26-12-13-28-23-15-19(8-11-22(23)26)24(27)25-16-18-6-9-21(29-2)10-7-18/h3-11,14-15H,12-13,16H2,1-2H3,(H,25,27). The maximum Gasteiger partial charge on any atom is 0.251 e. The Balaban J connectivity index is 1.49. The van der Waals surface area contributed by atoms with Crippen LogP contribution in [-0.4, -0.2) is 25.3 Å². The summed E-state index contributed by atoms with van der Waals surface area (Å²) >= 11 is 1.71. The van der Waals surface area contributed by atoms with Crippen molar-refractivity contribution in [3.05, 3.63) is 83.4 Å². The summed E-state index contributed by atoms with van der Waals surface area (Å²) in [5.41, 5.74) is 5.04. The molecule has 5 heteroatoms. The SMILES string of the molecule is CSc1ccc(CNC(=O)c2ccc3c(c2)OCCN3c2cccc(C)c2)cc1. The van der Waals surface area contributed by atoms with E-state index in [4.69, 9.17) is 4.74 Å². The number of aryl methyl sites for hydroxylation is 1. The largest absolute Gasteiger partial charge is 0.490 e. The number of nitrogens with one attached hydrogen (secondary N) is 1. The molecule has 29 heavy (non-hydrogen) atoms. The molecule has 1 aliphatic rings. The molecular weight excluding hydrogens is 380 g/mol. The van der Waals surface area contributed by atoms with Crippen molar-refractivity contribution in [3.63, 3.8) is 0 Å². The Bertz CT molecular complexity index is 1020. The number of ether oxygens (including phenoxy) is 1. The maximum atomic E-state index is 12.6. The molecule has 1 N–H and O–H groups in total. The summed E-state index contributed by atoms with van der Waals surface area (Å²) in [6.45, 7) is 3.97. The minimum atomic E-state index is -0.0991. The number of fused-ring (bicyclic) bond motifs is 1. The van der Waals surface area contributed by atoms with Crippen molar-refractivity contribution in [1.29, 1.82) is 0 Å². The van der Waals surface area contributed by atoms with Crippen LogP contribution < -0.4 is 15.0 Å². The highest BCUT2D eigenvalue weighted by Gasteiger charge is 2.21. The van der Waals surface area contributed by atoms with Crippen molar-refractivity contribution in [2.24, 2.45) is 0 Å². The highest BCUT2D eigenvalue weighted by Crippen LogP contribution is 2.37. The summed E-state index contributed by atoms with van der Waals surface area (Å²) in [4.78, 5) is 16.1. The zero-order valence-electron chi connectivity index (χ0n) is 16.6. The summed E-state index contributed by atoms with van der Waals surface area (Å²) in [7, 11) is 0. The third-order valence-electron chi connectivity index (χ3n) is 5.01. The Hall–Kier alpha value is -2.92. The van der Waals surface area contributed by atoms with Gasteiger partial charge < -0.3 is 15.0 Å². The van der Waals surface area contributed by atoms with Gasteiger partial charge in [-0.3, -0.25) is 4.79 Å². The molecule has 3 aromatic carbocycles. The zero-order valence-corrected chi connectivity index (χ0v) is 17.5. The number of amides is 1. The van der Waals surface area contributed by atoms with Gasteiger partial charge in [0.15, 0.2) is 0 Å². The van der Waals surface area contributed by atoms with E-state index < -0.39 is 0 Å². The Kier molecular flexibility index (Phi) is 5.76. The van der Waals surface area contributed by atoms with E-state index in [0.717, 1.165) is 29.2 Å². The molecule has 1 heterocycles. The first kappa shape index (κ1) is 19.4. The van der Waals surface area contributed by atoms with Crippen molar-refractivity contribution >= 4 is 29.0 Å². The number of rotatable bonds is 5. The molecule has 0 aromatic heterocycles. The highest BCUT2D eigenvalue weighted by molar-refractivity contribution is 7.98. The van der Waals surface area contributed by atoms with Crippen LogP contribution in [0.2, 0.25) is 0 Å². The number of hydrogen-bond donors (Lipinski definition) is 1. The molecule has 0 saturated heterocycles. The summed E-state index contributed by atoms with van der Waals surface area (Å²) in [6.07, 6.45) is 2.05. The van der Waals surface area contributed by atoms with E-state index in [1.165, 1.54) is 10.5 Å². The van der Waals surface area contributed by atoms with Gasteiger partial charge in [-0.1, -0.05) is 24.3 Å². The first-order valence-corrected chi connectivity index (χ1v) is 10.9. The van der Waals surface area contributed by atoms with E-state index in [2.05, 4.69) is 59.8 Å². The molecule has 0 atom stereocenters. The van der Waals surface area contributed by atoms with Crippen LogP contribution in [-0.2, 0) is 6.54 Å². The van der Waals surface area contributed by atoms with Crippen LogP contribution in [0.1, 0.15) is 21.5 Å². The molecule has 1 aliphatic heterocycles. The van der Waals surface area contributed by atoms with Crippen molar-refractivity contribution in [2.45, 2.75) is 18.4 Å². The van der Waals surface area contributed by atoms with Crippen LogP contribution in [0.15, 0.2) is 71.6 Å². The molecule has 0 saturated carbocycles. The predicted octanol–water partition coefficient (Wildman–Crippen LogP) is 5.18. The molecule has 0 radical (unpaired) electrons. The molecule has 4 rings (SSSR count). The Morgan fingerprint density at radius 1 is 1.10 bits per heavy atom. The third-order valence-corrected chi connectivity index (χ3v) is 5.75. The number of hydrogen-bond acceptors (Lipinski definition) is 4. The van der Waals surface area contributed by atoms with Crippen molar-refractivity contribution in [3.8, 4) is 5.75 Å². The van der Waals surface area contributed by atoms with E-state index in [1.807, 2.05) is 30.3 Å². The average molecular weight is 405 g/mol. The van der Waals surface area contributed by atoms with Crippen molar-refractivity contribution in [1.82, 2.24) is 5.32 Å². The second-order valence-corrected chi connectivity index (χ2v) is 7.93. The van der Waals surface area contributed by atoms with Crippen molar-refractivity contribution in [2.75, 3.05) is 24.3 Å². The number of nitrogens with zero attached hydrogens (tertiary/aromatic N) is 1. The fourth-order valence-corrected chi connectivity index (χ4v) is 3.86. The van der Waals surface area contributed by atoms with Gasteiger partial charge in [-0.05, 0) is 66.8 Å². The Morgan fingerprint density at radius 3 is 2.69 bits per heavy atom. The fraction of sp³-hybridized carbons (Fsp3) is 0.208. The van der Waals surface area contributed by atoms with Crippen LogP contribution in [0.5, 0.6) is 5.75 Å². The lowest BCUT2D eigenvalue weighted by atomic mass is 10.1. The summed E-state index contributed by atoms with van der Waals surface area (Å²) in [6, 6.07) is 22.3. The number of carbonyl (C=O) groups excluding carboxylic acids is 1. The van der Waals surface area contributed by atoms with Gasteiger partial charge in [0.1, 0.15) is 12.4 Å². The van der Waals surface area contributed by atoms with Gasteiger partial charge in [0.25, 0.3) is 5.91 Å². The minimum Gasteiger partial charge on any atom is -0.490 e. The first-order valence-electron chi connectivity index (χ1n) is 9.66. The highest BCUT2D eigenvalue weighted by atomic mass is 32.2. The van der Waals surface area contributed by atoms with E-state index in [-0.39, 0.29) is 5.91 Å². The van der Waals surface area contributed by atoms with E-state index in [0.29, 0.717) is 18.7 Å². The molecule has 3 aromatic rings. The second-order valence-electron chi connectivity index (χ2n) is 7.05.